The average Bonchev–Trinajstić information content (AvgIpc) is 2.54. The van der Waals surface area contributed by atoms with E-state index in [9.17, 15) is 4.79 Å². The monoisotopic (exact) mass is 410 g/mol. The second-order valence-corrected chi connectivity index (χ2v) is 6.24. The highest BCUT2D eigenvalue weighted by Gasteiger charge is 2.27. The molecule has 0 aromatic heterocycles. The van der Waals surface area contributed by atoms with Crippen molar-refractivity contribution in [2.24, 2.45) is 0 Å². The highest BCUT2D eigenvalue weighted by molar-refractivity contribution is 6.27. The Morgan fingerprint density at radius 3 is 1.68 bits per heavy atom. The molecule has 1 saturated heterocycles. The van der Waals surface area contributed by atoms with Crippen LogP contribution in [0.1, 0.15) is 27.2 Å². The lowest BCUT2D eigenvalue weighted by Crippen LogP contribution is -2.54. The zero-order chi connectivity index (χ0) is 22.5. The second kappa shape index (κ2) is 13.3. The van der Waals surface area contributed by atoms with Crippen molar-refractivity contribution in [3.05, 3.63) is 0 Å². The molecule has 162 valence electrons. The van der Waals surface area contributed by atoms with Crippen molar-refractivity contribution < 1.29 is 53.9 Å². The standard InChI is InChI=1S/C11H22N2O3.2C2H2O4/c1-11(2,3)16-10(14)13-8-5-6-12-7-9(8)15-4;2*3-1(4)2(5)6/h8-9,12H,5-7H2,1-4H3,(H,13,14);2*(H,3,4)(H,5,6)/t8-,9-;;/m1../s1. The first-order valence-electron chi connectivity index (χ1n) is 7.86. The number of piperidine rings is 1. The van der Waals surface area contributed by atoms with E-state index in [1.54, 1.807) is 7.11 Å². The van der Waals surface area contributed by atoms with Gasteiger partial charge in [-0.25, -0.2) is 24.0 Å². The number of carboxylic acids is 4. The van der Waals surface area contributed by atoms with Gasteiger partial charge in [0, 0.05) is 13.7 Å². The van der Waals surface area contributed by atoms with Crippen LogP contribution in [0.2, 0.25) is 0 Å². The summed E-state index contributed by atoms with van der Waals surface area (Å²) in [6, 6.07) is 0.0288. The fourth-order valence-corrected chi connectivity index (χ4v) is 1.70. The molecule has 13 nitrogen and oxygen atoms in total. The molecule has 0 radical (unpaired) electrons. The Labute approximate surface area is 160 Å². The molecule has 0 unspecified atom stereocenters. The van der Waals surface area contributed by atoms with E-state index in [4.69, 9.17) is 49.1 Å². The van der Waals surface area contributed by atoms with Crippen LogP contribution < -0.4 is 10.6 Å². The van der Waals surface area contributed by atoms with Crippen LogP contribution >= 0.6 is 0 Å². The molecular formula is C15H26N2O11. The van der Waals surface area contributed by atoms with Gasteiger partial charge in [0.2, 0.25) is 0 Å². The van der Waals surface area contributed by atoms with Gasteiger partial charge in [-0.2, -0.15) is 0 Å². The van der Waals surface area contributed by atoms with Crippen LogP contribution in [0.3, 0.4) is 0 Å². The number of methoxy groups -OCH3 is 1. The van der Waals surface area contributed by atoms with E-state index < -0.39 is 29.5 Å². The zero-order valence-electron chi connectivity index (χ0n) is 15.9. The van der Waals surface area contributed by atoms with Crippen LogP contribution in [0, 0.1) is 0 Å². The summed E-state index contributed by atoms with van der Waals surface area (Å²) < 4.78 is 10.5. The molecule has 1 rings (SSSR count). The Balaban J connectivity index is 0. The predicted molar refractivity (Wildman–Crippen MR) is 92.0 cm³/mol. The lowest BCUT2D eigenvalue weighted by molar-refractivity contribution is -0.159. The van der Waals surface area contributed by atoms with E-state index in [0.717, 1.165) is 19.5 Å². The maximum Gasteiger partial charge on any atom is 0.414 e. The van der Waals surface area contributed by atoms with Gasteiger partial charge in [-0.3, -0.25) is 0 Å². The minimum absolute atomic E-state index is 0.0151. The summed E-state index contributed by atoms with van der Waals surface area (Å²) >= 11 is 0. The number of amides is 1. The van der Waals surface area contributed by atoms with Crippen molar-refractivity contribution >= 4 is 30.0 Å². The first-order valence-corrected chi connectivity index (χ1v) is 7.86. The Kier molecular flexibility index (Phi) is 12.9. The van der Waals surface area contributed by atoms with Gasteiger partial charge < -0.3 is 40.5 Å². The van der Waals surface area contributed by atoms with Crippen molar-refractivity contribution in [1.29, 1.82) is 0 Å². The molecule has 28 heavy (non-hydrogen) atoms. The third-order valence-corrected chi connectivity index (χ3v) is 2.80. The van der Waals surface area contributed by atoms with Gasteiger partial charge in [-0.05, 0) is 33.7 Å². The topological polar surface area (TPSA) is 209 Å². The number of carbonyl (C=O) groups excluding carboxylic acids is 1. The molecule has 0 spiro atoms. The minimum Gasteiger partial charge on any atom is -0.473 e. The molecule has 1 heterocycles. The zero-order valence-corrected chi connectivity index (χ0v) is 15.9. The second-order valence-electron chi connectivity index (χ2n) is 6.24. The van der Waals surface area contributed by atoms with Crippen LogP contribution in [0.4, 0.5) is 4.79 Å². The molecule has 1 aliphatic heterocycles. The lowest BCUT2D eigenvalue weighted by atomic mass is 10.0. The van der Waals surface area contributed by atoms with Crippen molar-refractivity contribution in [1.82, 2.24) is 10.6 Å². The molecule has 1 aliphatic rings. The fourth-order valence-electron chi connectivity index (χ4n) is 1.70. The van der Waals surface area contributed by atoms with Crippen molar-refractivity contribution in [3.8, 4) is 0 Å². The van der Waals surface area contributed by atoms with E-state index >= 15 is 0 Å². The predicted octanol–water partition coefficient (Wildman–Crippen LogP) is -0.801. The number of aliphatic carboxylic acids is 4. The molecule has 0 aromatic rings. The minimum atomic E-state index is -1.82. The largest absolute Gasteiger partial charge is 0.473 e. The third-order valence-electron chi connectivity index (χ3n) is 2.80. The average molecular weight is 410 g/mol. The van der Waals surface area contributed by atoms with Gasteiger partial charge >= 0.3 is 30.0 Å². The lowest BCUT2D eigenvalue weighted by Gasteiger charge is -2.32. The van der Waals surface area contributed by atoms with Crippen LogP contribution in [0.5, 0.6) is 0 Å². The van der Waals surface area contributed by atoms with Crippen LogP contribution in [-0.2, 0) is 28.7 Å². The first kappa shape index (κ1) is 27.3. The van der Waals surface area contributed by atoms with Crippen molar-refractivity contribution in [2.75, 3.05) is 20.2 Å². The first-order chi connectivity index (χ1) is 12.7. The molecule has 0 bridgehead atoms. The Morgan fingerprint density at radius 1 is 0.929 bits per heavy atom. The van der Waals surface area contributed by atoms with Crippen LogP contribution in [-0.4, -0.2) is 88.3 Å². The normalized spacial score (nSPS) is 18.1. The molecule has 1 amide bonds. The number of alkyl carbamates (subject to hydrolysis) is 1. The maximum atomic E-state index is 11.6. The number of carbonyl (C=O) groups is 5. The van der Waals surface area contributed by atoms with Crippen molar-refractivity contribution in [2.45, 2.75) is 44.9 Å². The molecular weight excluding hydrogens is 384 g/mol. The van der Waals surface area contributed by atoms with Crippen LogP contribution in [0.25, 0.3) is 0 Å². The van der Waals surface area contributed by atoms with Gasteiger partial charge in [0.15, 0.2) is 0 Å². The number of carboxylic acid groups (broad SMARTS) is 4. The maximum absolute atomic E-state index is 11.6. The molecule has 1 fully saturated rings. The summed E-state index contributed by atoms with van der Waals surface area (Å²) in [5, 5.41) is 35.6. The number of hydrogen-bond donors (Lipinski definition) is 6. The van der Waals surface area contributed by atoms with E-state index in [0.29, 0.717) is 0 Å². The van der Waals surface area contributed by atoms with E-state index in [1.165, 1.54) is 0 Å². The molecule has 0 saturated carbocycles. The summed E-state index contributed by atoms with van der Waals surface area (Å²) in [4.78, 5) is 48.0. The van der Waals surface area contributed by atoms with E-state index in [2.05, 4.69) is 10.6 Å². The molecule has 6 N–H and O–H groups in total. The fraction of sp³-hybridized carbons (Fsp3) is 0.667. The van der Waals surface area contributed by atoms with Crippen LogP contribution in [0.15, 0.2) is 0 Å². The van der Waals surface area contributed by atoms with Crippen molar-refractivity contribution in [3.63, 3.8) is 0 Å². The highest BCUT2D eigenvalue weighted by atomic mass is 16.6. The summed E-state index contributed by atoms with van der Waals surface area (Å²) in [7, 11) is 1.65. The third kappa shape index (κ3) is 15.3. The van der Waals surface area contributed by atoms with Gasteiger partial charge in [0.25, 0.3) is 0 Å². The Hall–Kier alpha value is -2.93. The summed E-state index contributed by atoms with van der Waals surface area (Å²) in [5.41, 5.74) is -0.459. The number of ether oxygens (including phenoxy) is 2. The Morgan fingerprint density at radius 2 is 1.36 bits per heavy atom. The van der Waals surface area contributed by atoms with E-state index in [-0.39, 0.29) is 18.2 Å². The number of rotatable bonds is 2. The number of nitrogens with one attached hydrogen (secondary N) is 2. The highest BCUT2D eigenvalue weighted by Crippen LogP contribution is 2.10. The molecule has 2 atom stereocenters. The smallest absolute Gasteiger partial charge is 0.414 e. The summed E-state index contributed by atoms with van der Waals surface area (Å²) in [6.45, 7) is 7.20. The van der Waals surface area contributed by atoms with Gasteiger partial charge in [-0.15, -0.1) is 0 Å². The Bertz CT molecular complexity index is 509. The molecule has 0 aromatic carbocycles. The van der Waals surface area contributed by atoms with Gasteiger partial charge in [-0.1, -0.05) is 0 Å². The molecule has 0 aliphatic carbocycles. The summed E-state index contributed by atoms with van der Waals surface area (Å²) in [5.74, 6) is -7.30. The molecule has 13 heteroatoms. The van der Waals surface area contributed by atoms with Gasteiger partial charge in [0.1, 0.15) is 5.60 Å². The van der Waals surface area contributed by atoms with E-state index in [1.807, 2.05) is 20.8 Å². The van der Waals surface area contributed by atoms with Gasteiger partial charge in [0.05, 0.1) is 12.1 Å². The quantitative estimate of drug-likeness (QED) is 0.309. The SMILES string of the molecule is CO[C@@H]1CNCC[C@H]1NC(=O)OC(C)(C)C.O=C(O)C(=O)O.O=C(O)C(=O)O. The number of hydrogen-bond acceptors (Lipinski definition) is 8. The summed E-state index contributed by atoms with van der Waals surface area (Å²) in [6.07, 6.45) is 0.500.